The van der Waals surface area contributed by atoms with Crippen molar-refractivity contribution in [2.75, 3.05) is 42.5 Å². The Kier molecular flexibility index (Phi) is 9.76. The van der Waals surface area contributed by atoms with Crippen LogP contribution in [0.25, 0.3) is 0 Å². The molecule has 1 aromatic heterocycles. The van der Waals surface area contributed by atoms with Gasteiger partial charge in [-0.2, -0.15) is 0 Å². The Hall–Kier alpha value is -3.98. The van der Waals surface area contributed by atoms with Gasteiger partial charge in [-0.1, -0.05) is 32.0 Å². The van der Waals surface area contributed by atoms with E-state index in [2.05, 4.69) is 34.4 Å². The van der Waals surface area contributed by atoms with Crippen LogP contribution < -0.4 is 16.4 Å². The Balaban J connectivity index is 1.67. The second-order valence-electron chi connectivity index (χ2n) is 8.33. The van der Waals surface area contributed by atoms with E-state index in [1.165, 1.54) is 24.3 Å². The summed E-state index contributed by atoms with van der Waals surface area (Å²) in [6, 6.07) is 15.8. The minimum Gasteiger partial charge on any atom is -0.397 e. The van der Waals surface area contributed by atoms with E-state index in [1.54, 1.807) is 47.5 Å². The summed E-state index contributed by atoms with van der Waals surface area (Å²) in [5, 5.41) is 5.58. The monoisotopic (exact) mass is 492 g/mol. The molecule has 0 saturated heterocycles. The second kappa shape index (κ2) is 13.2. The minimum absolute atomic E-state index is 0.242. The van der Waals surface area contributed by atoms with E-state index < -0.39 is 0 Å². The highest BCUT2D eigenvalue weighted by atomic mass is 19.1. The zero-order chi connectivity index (χ0) is 25.9. The highest BCUT2D eigenvalue weighted by Gasteiger charge is 2.16. The maximum absolute atomic E-state index is 13.2. The third kappa shape index (κ3) is 7.78. The highest BCUT2D eigenvalue weighted by molar-refractivity contribution is 6.04. The van der Waals surface area contributed by atoms with Crippen LogP contribution in [-0.4, -0.2) is 52.9 Å². The molecule has 0 unspecified atom stereocenters. The van der Waals surface area contributed by atoms with Gasteiger partial charge >= 0.3 is 6.03 Å². The second-order valence-corrected chi connectivity index (χ2v) is 8.33. The molecule has 0 radical (unpaired) electrons. The summed E-state index contributed by atoms with van der Waals surface area (Å²) in [6.45, 7) is 7.81. The maximum atomic E-state index is 13.2. The summed E-state index contributed by atoms with van der Waals surface area (Å²) in [6.07, 6.45) is 2.39. The molecule has 3 amide bonds. The number of nitrogens with zero attached hydrogens (tertiary/aromatic N) is 3. The Morgan fingerprint density at radius 3 is 2.31 bits per heavy atom. The molecule has 36 heavy (non-hydrogen) atoms. The predicted molar refractivity (Wildman–Crippen MR) is 141 cm³/mol. The van der Waals surface area contributed by atoms with Gasteiger partial charge in [-0.05, 0) is 74.1 Å². The van der Waals surface area contributed by atoms with E-state index in [0.29, 0.717) is 30.2 Å². The van der Waals surface area contributed by atoms with Crippen LogP contribution in [0.5, 0.6) is 0 Å². The number of nitrogens with two attached hydrogens (primary N) is 1. The van der Waals surface area contributed by atoms with Gasteiger partial charge < -0.3 is 26.2 Å². The number of anilines is 3. The number of hydrogen-bond donors (Lipinski definition) is 3. The Morgan fingerprint density at radius 1 is 0.944 bits per heavy atom. The van der Waals surface area contributed by atoms with E-state index in [1.807, 2.05) is 0 Å². The van der Waals surface area contributed by atoms with Crippen LogP contribution in [0.3, 0.4) is 0 Å². The first-order chi connectivity index (χ1) is 17.4. The first kappa shape index (κ1) is 26.6. The summed E-state index contributed by atoms with van der Waals surface area (Å²) in [5.41, 5.74) is 8.42. The summed E-state index contributed by atoms with van der Waals surface area (Å²) < 4.78 is 13.2. The van der Waals surface area contributed by atoms with Gasteiger partial charge in [0.05, 0.1) is 11.4 Å². The zero-order valence-corrected chi connectivity index (χ0v) is 20.7. The van der Waals surface area contributed by atoms with Crippen molar-refractivity contribution in [2.45, 2.75) is 26.8 Å². The zero-order valence-electron chi connectivity index (χ0n) is 20.7. The number of aromatic nitrogens is 1. The molecule has 2 aromatic carbocycles. The smallest absolute Gasteiger partial charge is 0.322 e. The minimum atomic E-state index is -0.371. The van der Waals surface area contributed by atoms with E-state index in [0.717, 1.165) is 31.6 Å². The lowest BCUT2D eigenvalue weighted by atomic mass is 10.2. The number of carbonyl (C=O) groups is 2. The molecule has 3 aromatic rings. The largest absolute Gasteiger partial charge is 0.397 e. The standard InChI is InChI=1S/C27H33FN6O2/c1-3-33(4-2)16-7-17-34(27(36)31-22-13-11-21(28)12-14-22)19-20-10-15-25(30-18-20)26(35)32-24-9-6-5-8-23(24)29/h5-6,8-15,18H,3-4,7,16-17,19,29H2,1-2H3,(H,31,36)(H,32,35). The fourth-order valence-corrected chi connectivity index (χ4v) is 3.68. The van der Waals surface area contributed by atoms with E-state index in [9.17, 15) is 14.0 Å². The van der Waals surface area contributed by atoms with Gasteiger partial charge in [0.15, 0.2) is 0 Å². The molecule has 0 bridgehead atoms. The number of amides is 3. The average Bonchev–Trinajstić information content (AvgIpc) is 2.89. The molecule has 1 heterocycles. The van der Waals surface area contributed by atoms with Crippen molar-refractivity contribution in [1.29, 1.82) is 0 Å². The van der Waals surface area contributed by atoms with Crippen molar-refractivity contribution in [3.63, 3.8) is 0 Å². The quantitative estimate of drug-likeness (QED) is 0.333. The molecular formula is C27H33FN6O2. The van der Waals surface area contributed by atoms with Gasteiger partial charge in [0, 0.05) is 25.0 Å². The summed E-state index contributed by atoms with van der Waals surface area (Å²) >= 11 is 0. The number of pyridine rings is 1. The summed E-state index contributed by atoms with van der Waals surface area (Å²) in [4.78, 5) is 33.9. The molecule has 9 heteroatoms. The SMILES string of the molecule is CCN(CC)CCCN(Cc1ccc(C(=O)Nc2ccccc2N)nc1)C(=O)Nc1ccc(F)cc1. The number of benzene rings is 2. The lowest BCUT2D eigenvalue weighted by Gasteiger charge is -2.25. The fraction of sp³-hybridized carbons (Fsp3) is 0.296. The number of carbonyl (C=O) groups excluding carboxylic acids is 2. The maximum Gasteiger partial charge on any atom is 0.322 e. The molecular weight excluding hydrogens is 459 g/mol. The number of rotatable bonds is 11. The predicted octanol–water partition coefficient (Wildman–Crippen LogP) is 4.82. The molecule has 8 nitrogen and oxygen atoms in total. The Labute approximate surface area is 211 Å². The van der Waals surface area contributed by atoms with Crippen molar-refractivity contribution in [1.82, 2.24) is 14.8 Å². The molecule has 0 aliphatic rings. The summed E-state index contributed by atoms with van der Waals surface area (Å²) in [7, 11) is 0. The van der Waals surface area contributed by atoms with Crippen LogP contribution in [0.15, 0.2) is 66.9 Å². The van der Waals surface area contributed by atoms with Crippen LogP contribution in [0.4, 0.5) is 26.2 Å². The van der Waals surface area contributed by atoms with Crippen LogP contribution in [0.2, 0.25) is 0 Å². The number of halogens is 1. The van der Waals surface area contributed by atoms with Gasteiger partial charge in [0.25, 0.3) is 5.91 Å². The van der Waals surface area contributed by atoms with Crippen LogP contribution >= 0.6 is 0 Å². The van der Waals surface area contributed by atoms with Gasteiger partial charge in [0.2, 0.25) is 0 Å². The number of nitrogen functional groups attached to an aromatic ring is 1. The molecule has 0 aliphatic heterocycles. The molecule has 4 N–H and O–H groups in total. The number of nitrogens with one attached hydrogen (secondary N) is 2. The molecule has 3 rings (SSSR count). The third-order valence-electron chi connectivity index (χ3n) is 5.82. The summed E-state index contributed by atoms with van der Waals surface area (Å²) in [5.74, 6) is -0.737. The Bertz CT molecular complexity index is 1130. The first-order valence-corrected chi connectivity index (χ1v) is 12.0. The van der Waals surface area contributed by atoms with Gasteiger partial charge in [-0.3, -0.25) is 9.78 Å². The number of hydrogen-bond acceptors (Lipinski definition) is 5. The van der Waals surface area contributed by atoms with Crippen LogP contribution in [0.1, 0.15) is 36.3 Å². The first-order valence-electron chi connectivity index (χ1n) is 12.0. The fourth-order valence-electron chi connectivity index (χ4n) is 3.68. The normalized spacial score (nSPS) is 10.8. The third-order valence-corrected chi connectivity index (χ3v) is 5.82. The molecule has 0 fully saturated rings. The van der Waals surface area contributed by atoms with Crippen LogP contribution in [-0.2, 0) is 6.54 Å². The van der Waals surface area contributed by atoms with Crippen molar-refractivity contribution < 1.29 is 14.0 Å². The number of para-hydroxylation sites is 2. The molecule has 0 atom stereocenters. The molecule has 0 aliphatic carbocycles. The van der Waals surface area contributed by atoms with E-state index >= 15 is 0 Å². The number of urea groups is 1. The van der Waals surface area contributed by atoms with E-state index in [-0.39, 0.29) is 23.4 Å². The van der Waals surface area contributed by atoms with Gasteiger partial charge in [-0.15, -0.1) is 0 Å². The molecule has 0 saturated carbocycles. The van der Waals surface area contributed by atoms with Crippen molar-refractivity contribution in [3.8, 4) is 0 Å². The van der Waals surface area contributed by atoms with Gasteiger partial charge in [0.1, 0.15) is 11.5 Å². The Morgan fingerprint density at radius 2 is 1.67 bits per heavy atom. The van der Waals surface area contributed by atoms with Crippen LogP contribution in [0, 0.1) is 5.82 Å². The topological polar surface area (TPSA) is 104 Å². The highest BCUT2D eigenvalue weighted by Crippen LogP contribution is 2.18. The van der Waals surface area contributed by atoms with E-state index in [4.69, 9.17) is 5.73 Å². The van der Waals surface area contributed by atoms with Crippen molar-refractivity contribution >= 4 is 29.0 Å². The van der Waals surface area contributed by atoms with Gasteiger partial charge in [-0.25, -0.2) is 9.18 Å². The average molecular weight is 493 g/mol. The van der Waals surface area contributed by atoms with Crippen molar-refractivity contribution in [3.05, 3.63) is 83.9 Å². The van der Waals surface area contributed by atoms with Crippen molar-refractivity contribution in [2.24, 2.45) is 0 Å². The lowest BCUT2D eigenvalue weighted by molar-refractivity contribution is 0.102. The molecule has 0 spiro atoms. The molecule has 190 valence electrons. The lowest BCUT2D eigenvalue weighted by Crippen LogP contribution is -2.37.